The zero-order chi connectivity index (χ0) is 12.1. The molecule has 1 atom stereocenters. The molecule has 3 N–H and O–H groups in total. The van der Waals surface area contributed by atoms with E-state index >= 15 is 0 Å². The van der Waals surface area contributed by atoms with Gasteiger partial charge in [0.2, 0.25) is 0 Å². The first-order valence-electron chi connectivity index (χ1n) is 5.17. The van der Waals surface area contributed by atoms with E-state index in [1.165, 1.54) is 0 Å². The van der Waals surface area contributed by atoms with Gasteiger partial charge in [0.15, 0.2) is 0 Å². The molecule has 5 heteroatoms. The van der Waals surface area contributed by atoms with Crippen LogP contribution in [0, 0.1) is 0 Å². The Labute approximate surface area is 109 Å². The average Bonchev–Trinajstić information content (AvgIpc) is 2.86. The highest BCUT2D eigenvalue weighted by atomic mass is 35.5. The van der Waals surface area contributed by atoms with Crippen molar-refractivity contribution in [2.45, 2.75) is 10.9 Å². The fourth-order valence-electron chi connectivity index (χ4n) is 1.45. The molecule has 0 aliphatic carbocycles. The van der Waals surface area contributed by atoms with Gasteiger partial charge in [-0.15, -0.1) is 11.8 Å². The molecule has 0 saturated carbocycles. The number of furan rings is 1. The van der Waals surface area contributed by atoms with E-state index < -0.39 is 0 Å². The van der Waals surface area contributed by atoms with Crippen molar-refractivity contribution in [1.82, 2.24) is 5.43 Å². The zero-order valence-electron chi connectivity index (χ0n) is 9.10. The number of thioether (sulfide) groups is 1. The lowest BCUT2D eigenvalue weighted by Gasteiger charge is -2.13. The van der Waals surface area contributed by atoms with Crippen LogP contribution in [0.3, 0.4) is 0 Å². The Bertz CT molecular complexity index is 461. The Kier molecular flexibility index (Phi) is 4.50. The van der Waals surface area contributed by atoms with Crippen molar-refractivity contribution in [2.75, 3.05) is 5.75 Å². The predicted octanol–water partition coefficient (Wildman–Crippen LogP) is 3.23. The van der Waals surface area contributed by atoms with Gasteiger partial charge in [-0.3, -0.25) is 11.3 Å². The first-order chi connectivity index (χ1) is 8.31. The van der Waals surface area contributed by atoms with Crippen molar-refractivity contribution in [2.24, 2.45) is 5.84 Å². The minimum absolute atomic E-state index is 0.0509. The molecule has 1 unspecified atom stereocenters. The number of rotatable bonds is 5. The van der Waals surface area contributed by atoms with E-state index in [0.717, 1.165) is 21.2 Å². The molecule has 2 aromatic rings. The van der Waals surface area contributed by atoms with Crippen molar-refractivity contribution in [3.05, 3.63) is 53.4 Å². The third-order valence-electron chi connectivity index (χ3n) is 2.39. The SMILES string of the molecule is NNC(CSc1ccccc1Cl)c1ccoc1. The summed E-state index contributed by atoms with van der Waals surface area (Å²) in [6, 6.07) is 9.72. The smallest absolute Gasteiger partial charge is 0.0951 e. The summed E-state index contributed by atoms with van der Waals surface area (Å²) in [7, 11) is 0. The number of hydrazine groups is 1. The van der Waals surface area contributed by atoms with Crippen LogP contribution in [0.5, 0.6) is 0 Å². The Balaban J connectivity index is 2.00. The molecule has 0 aliphatic heterocycles. The molecule has 0 spiro atoms. The molecular formula is C12H13ClN2OS. The highest BCUT2D eigenvalue weighted by molar-refractivity contribution is 7.99. The summed E-state index contributed by atoms with van der Waals surface area (Å²) in [6.07, 6.45) is 3.33. The summed E-state index contributed by atoms with van der Waals surface area (Å²) in [4.78, 5) is 1.05. The van der Waals surface area contributed by atoms with Crippen LogP contribution in [-0.4, -0.2) is 5.75 Å². The Morgan fingerprint density at radius 3 is 2.82 bits per heavy atom. The van der Waals surface area contributed by atoms with Gasteiger partial charge in [-0.05, 0) is 18.2 Å². The van der Waals surface area contributed by atoms with Crippen LogP contribution < -0.4 is 11.3 Å². The number of hydrogen-bond acceptors (Lipinski definition) is 4. The van der Waals surface area contributed by atoms with Gasteiger partial charge in [0.1, 0.15) is 0 Å². The Hall–Kier alpha value is -0.940. The largest absolute Gasteiger partial charge is 0.472 e. The van der Waals surface area contributed by atoms with Gasteiger partial charge in [0, 0.05) is 16.2 Å². The minimum Gasteiger partial charge on any atom is -0.472 e. The molecule has 1 aromatic heterocycles. The third kappa shape index (κ3) is 3.26. The zero-order valence-corrected chi connectivity index (χ0v) is 10.7. The van der Waals surface area contributed by atoms with E-state index in [1.807, 2.05) is 30.3 Å². The van der Waals surface area contributed by atoms with Crippen molar-refractivity contribution < 1.29 is 4.42 Å². The van der Waals surface area contributed by atoms with Gasteiger partial charge in [-0.25, -0.2) is 0 Å². The molecule has 2 rings (SSSR count). The molecule has 0 bridgehead atoms. The van der Waals surface area contributed by atoms with E-state index in [1.54, 1.807) is 24.3 Å². The number of nitrogens with two attached hydrogens (primary N) is 1. The predicted molar refractivity (Wildman–Crippen MR) is 70.9 cm³/mol. The lowest BCUT2D eigenvalue weighted by molar-refractivity contribution is 0.548. The van der Waals surface area contributed by atoms with Crippen molar-refractivity contribution >= 4 is 23.4 Å². The van der Waals surface area contributed by atoms with Crippen molar-refractivity contribution in [1.29, 1.82) is 0 Å². The van der Waals surface area contributed by atoms with Crippen LogP contribution in [0.4, 0.5) is 0 Å². The van der Waals surface area contributed by atoms with Crippen LogP contribution >= 0.6 is 23.4 Å². The maximum absolute atomic E-state index is 6.08. The molecule has 1 heterocycles. The number of nitrogens with one attached hydrogen (secondary N) is 1. The summed E-state index contributed by atoms with van der Waals surface area (Å²) in [5.41, 5.74) is 3.80. The van der Waals surface area contributed by atoms with E-state index in [9.17, 15) is 0 Å². The highest BCUT2D eigenvalue weighted by Crippen LogP contribution is 2.29. The average molecular weight is 269 g/mol. The first kappa shape index (κ1) is 12.5. The Morgan fingerprint density at radius 2 is 2.18 bits per heavy atom. The van der Waals surface area contributed by atoms with Gasteiger partial charge >= 0.3 is 0 Å². The first-order valence-corrected chi connectivity index (χ1v) is 6.53. The van der Waals surface area contributed by atoms with Gasteiger partial charge in [0.25, 0.3) is 0 Å². The summed E-state index contributed by atoms with van der Waals surface area (Å²) < 4.78 is 5.04. The molecule has 90 valence electrons. The summed E-state index contributed by atoms with van der Waals surface area (Å²) in [5.74, 6) is 6.32. The van der Waals surface area contributed by atoms with Gasteiger partial charge in [-0.2, -0.15) is 0 Å². The minimum atomic E-state index is 0.0509. The summed E-state index contributed by atoms with van der Waals surface area (Å²) in [6.45, 7) is 0. The molecule has 3 nitrogen and oxygen atoms in total. The standard InChI is InChI=1S/C12H13ClN2OS/c13-10-3-1-2-4-12(10)17-8-11(15-14)9-5-6-16-7-9/h1-7,11,15H,8,14H2. The molecule has 0 radical (unpaired) electrons. The second-order valence-corrected chi connectivity index (χ2v) is 4.99. The Morgan fingerprint density at radius 1 is 1.35 bits per heavy atom. The van der Waals surface area contributed by atoms with Crippen LogP contribution in [0.15, 0.2) is 52.2 Å². The van der Waals surface area contributed by atoms with Crippen LogP contribution in [0.25, 0.3) is 0 Å². The van der Waals surface area contributed by atoms with Crippen LogP contribution in [-0.2, 0) is 0 Å². The summed E-state index contributed by atoms with van der Waals surface area (Å²) >= 11 is 7.75. The van der Waals surface area contributed by atoms with Crippen LogP contribution in [0.2, 0.25) is 5.02 Å². The third-order valence-corrected chi connectivity index (χ3v) is 4.00. The normalized spacial score (nSPS) is 12.6. The topological polar surface area (TPSA) is 51.2 Å². The number of halogens is 1. The lowest BCUT2D eigenvalue weighted by Crippen LogP contribution is -2.29. The van der Waals surface area contributed by atoms with E-state index in [0.29, 0.717) is 0 Å². The quantitative estimate of drug-likeness (QED) is 0.497. The molecule has 0 aliphatic rings. The monoisotopic (exact) mass is 268 g/mol. The maximum Gasteiger partial charge on any atom is 0.0951 e. The summed E-state index contributed by atoms with van der Waals surface area (Å²) in [5, 5.41) is 0.764. The molecule has 0 amide bonds. The second-order valence-electron chi connectivity index (χ2n) is 3.52. The van der Waals surface area contributed by atoms with Crippen molar-refractivity contribution in [3.63, 3.8) is 0 Å². The van der Waals surface area contributed by atoms with Crippen LogP contribution in [0.1, 0.15) is 11.6 Å². The van der Waals surface area contributed by atoms with Gasteiger partial charge in [0.05, 0.1) is 23.6 Å². The van der Waals surface area contributed by atoms with E-state index in [2.05, 4.69) is 5.43 Å². The van der Waals surface area contributed by atoms with Crippen molar-refractivity contribution in [3.8, 4) is 0 Å². The number of hydrogen-bond donors (Lipinski definition) is 2. The van der Waals surface area contributed by atoms with E-state index in [4.69, 9.17) is 21.9 Å². The maximum atomic E-state index is 6.08. The second kappa shape index (κ2) is 6.12. The number of benzene rings is 1. The van der Waals surface area contributed by atoms with Gasteiger partial charge in [-0.1, -0.05) is 23.7 Å². The van der Waals surface area contributed by atoms with Gasteiger partial charge < -0.3 is 4.42 Å². The molecule has 0 saturated heterocycles. The molecule has 0 fully saturated rings. The highest BCUT2D eigenvalue weighted by Gasteiger charge is 2.12. The molecule has 17 heavy (non-hydrogen) atoms. The lowest BCUT2D eigenvalue weighted by atomic mass is 10.2. The molecular weight excluding hydrogens is 256 g/mol. The fraction of sp³-hybridized carbons (Fsp3) is 0.167. The molecule has 1 aromatic carbocycles. The van der Waals surface area contributed by atoms with E-state index in [-0.39, 0.29) is 6.04 Å². The fourth-order valence-corrected chi connectivity index (χ4v) is 2.76.